The number of rotatable bonds is 4. The molecule has 140 valence electrons. The zero-order valence-electron chi connectivity index (χ0n) is 15.5. The largest absolute Gasteiger partial charge is 0.375 e. The highest BCUT2D eigenvalue weighted by Gasteiger charge is 2.39. The number of nitrogens with two attached hydrogens (primary N) is 1. The lowest BCUT2D eigenvalue weighted by molar-refractivity contribution is 0.169. The first-order valence-electron chi connectivity index (χ1n) is 9.22. The predicted molar refractivity (Wildman–Crippen MR) is 110 cm³/mol. The molecule has 2 aromatic heterocycles. The maximum Gasteiger partial charge on any atom is 0.254 e. The molecule has 1 saturated heterocycles. The number of aromatic nitrogens is 2. The minimum Gasteiger partial charge on any atom is -0.375 e. The normalized spacial score (nSPS) is 17.1. The molecule has 0 bridgehead atoms. The third kappa shape index (κ3) is 3.42. The molecule has 0 unspecified atom stereocenters. The molecule has 5 nitrogen and oxygen atoms in total. The van der Waals surface area contributed by atoms with E-state index in [1.54, 1.807) is 17.8 Å². The number of aryl methyl sites for hydroxylation is 1. The smallest absolute Gasteiger partial charge is 0.254 e. The van der Waals surface area contributed by atoms with Gasteiger partial charge in [0.25, 0.3) is 5.56 Å². The molecule has 1 aliphatic heterocycles. The van der Waals surface area contributed by atoms with Crippen molar-refractivity contribution >= 4 is 16.5 Å². The number of nitrogens with zero attached hydrogens (tertiary/aromatic N) is 3. The molecule has 4 rings (SSSR count). The standard InChI is InChI=1S/C21H24N4OS/c1-24-11-5-6-16(19(24)26)14-25-12-9-21(10-13-25,17-7-3-2-4-8-17)18-15-27-20(22)23-18/h2-8,11,15H,9-10,12-14H2,1H3,(H2,22,23). The quantitative estimate of drug-likeness (QED) is 0.756. The second kappa shape index (κ2) is 7.29. The van der Waals surface area contributed by atoms with Gasteiger partial charge in [0.1, 0.15) is 0 Å². The number of likely N-dealkylation sites (tertiary alicyclic amines) is 1. The molecule has 0 spiro atoms. The van der Waals surface area contributed by atoms with Crippen LogP contribution >= 0.6 is 11.3 Å². The topological polar surface area (TPSA) is 64.2 Å². The van der Waals surface area contributed by atoms with Crippen LogP contribution in [0.3, 0.4) is 0 Å². The molecule has 0 amide bonds. The number of pyridine rings is 1. The second-order valence-corrected chi connectivity index (χ2v) is 8.13. The van der Waals surface area contributed by atoms with Crippen LogP contribution in [0.4, 0.5) is 5.13 Å². The Morgan fingerprint density at radius 3 is 2.56 bits per heavy atom. The van der Waals surface area contributed by atoms with Crippen LogP contribution in [-0.2, 0) is 19.0 Å². The lowest BCUT2D eigenvalue weighted by atomic mass is 9.70. The summed E-state index contributed by atoms with van der Waals surface area (Å²) in [6.45, 7) is 2.53. The number of benzene rings is 1. The van der Waals surface area contributed by atoms with E-state index < -0.39 is 0 Å². The van der Waals surface area contributed by atoms with Gasteiger partial charge in [-0.3, -0.25) is 9.69 Å². The van der Waals surface area contributed by atoms with Crippen molar-refractivity contribution in [2.45, 2.75) is 24.8 Å². The van der Waals surface area contributed by atoms with Crippen molar-refractivity contribution in [3.8, 4) is 0 Å². The molecular formula is C21H24N4OS. The van der Waals surface area contributed by atoms with E-state index in [4.69, 9.17) is 5.73 Å². The summed E-state index contributed by atoms with van der Waals surface area (Å²) in [6, 6.07) is 14.5. The molecule has 0 radical (unpaired) electrons. The summed E-state index contributed by atoms with van der Waals surface area (Å²) in [6.07, 6.45) is 3.73. The fourth-order valence-electron chi connectivity index (χ4n) is 4.07. The van der Waals surface area contributed by atoms with Crippen LogP contribution in [0.5, 0.6) is 0 Å². The molecule has 0 aliphatic carbocycles. The number of anilines is 1. The molecule has 1 aromatic carbocycles. The molecule has 2 N–H and O–H groups in total. The van der Waals surface area contributed by atoms with Gasteiger partial charge in [0, 0.05) is 36.1 Å². The SMILES string of the molecule is Cn1cccc(CN2CCC(c3ccccc3)(c3csc(N)n3)CC2)c1=O. The van der Waals surface area contributed by atoms with E-state index in [1.807, 2.05) is 18.2 Å². The zero-order chi connectivity index (χ0) is 18.9. The monoisotopic (exact) mass is 380 g/mol. The second-order valence-electron chi connectivity index (χ2n) is 7.24. The molecule has 1 fully saturated rings. The molecule has 0 atom stereocenters. The van der Waals surface area contributed by atoms with Crippen molar-refractivity contribution in [3.63, 3.8) is 0 Å². The van der Waals surface area contributed by atoms with Crippen molar-refractivity contribution < 1.29 is 0 Å². The molecule has 27 heavy (non-hydrogen) atoms. The summed E-state index contributed by atoms with van der Waals surface area (Å²) in [5, 5.41) is 2.72. The molecule has 6 heteroatoms. The van der Waals surface area contributed by atoms with E-state index in [9.17, 15) is 4.79 Å². The summed E-state index contributed by atoms with van der Waals surface area (Å²) >= 11 is 1.51. The first-order valence-corrected chi connectivity index (χ1v) is 10.1. The molecule has 0 saturated carbocycles. The number of piperidine rings is 1. The van der Waals surface area contributed by atoms with Gasteiger partial charge in [-0.25, -0.2) is 4.98 Å². The highest BCUT2D eigenvalue weighted by atomic mass is 32.1. The third-order valence-corrected chi connectivity index (χ3v) is 6.32. The van der Waals surface area contributed by atoms with Crippen molar-refractivity contribution in [2.24, 2.45) is 7.05 Å². The van der Waals surface area contributed by atoms with Gasteiger partial charge < -0.3 is 10.3 Å². The summed E-state index contributed by atoms with van der Waals surface area (Å²) in [7, 11) is 1.80. The van der Waals surface area contributed by atoms with Gasteiger partial charge >= 0.3 is 0 Å². The molecule has 3 aromatic rings. The van der Waals surface area contributed by atoms with E-state index >= 15 is 0 Å². The van der Waals surface area contributed by atoms with E-state index in [2.05, 4.69) is 39.5 Å². The minimum absolute atomic E-state index is 0.0877. The van der Waals surface area contributed by atoms with E-state index in [0.717, 1.165) is 37.2 Å². The Labute approximate surface area is 163 Å². The first-order chi connectivity index (χ1) is 13.1. The number of hydrogen-bond acceptors (Lipinski definition) is 5. The molecule has 1 aliphatic rings. The zero-order valence-corrected chi connectivity index (χ0v) is 16.3. The first kappa shape index (κ1) is 17.9. The lowest BCUT2D eigenvalue weighted by Crippen LogP contribution is -2.44. The van der Waals surface area contributed by atoms with Gasteiger partial charge in [0.05, 0.1) is 5.69 Å². The van der Waals surface area contributed by atoms with Crippen LogP contribution in [0, 0.1) is 0 Å². The Morgan fingerprint density at radius 1 is 1.15 bits per heavy atom. The van der Waals surface area contributed by atoms with Crippen LogP contribution < -0.4 is 11.3 Å². The number of nitrogen functional groups attached to an aromatic ring is 1. The van der Waals surface area contributed by atoms with Gasteiger partial charge in [-0.1, -0.05) is 36.4 Å². The Hall–Kier alpha value is -2.44. The fraction of sp³-hybridized carbons (Fsp3) is 0.333. The highest BCUT2D eigenvalue weighted by Crippen LogP contribution is 2.42. The van der Waals surface area contributed by atoms with Crippen LogP contribution in [0.1, 0.15) is 29.7 Å². The maximum absolute atomic E-state index is 12.3. The summed E-state index contributed by atoms with van der Waals surface area (Å²) in [5.74, 6) is 0. The summed E-state index contributed by atoms with van der Waals surface area (Å²) < 4.78 is 1.64. The van der Waals surface area contributed by atoms with Crippen molar-refractivity contribution in [1.29, 1.82) is 0 Å². The van der Waals surface area contributed by atoms with Gasteiger partial charge in [0.15, 0.2) is 5.13 Å². The Balaban J connectivity index is 1.58. The van der Waals surface area contributed by atoms with Gasteiger partial charge in [-0.05, 0) is 37.6 Å². The highest BCUT2D eigenvalue weighted by molar-refractivity contribution is 7.13. The van der Waals surface area contributed by atoms with Crippen LogP contribution in [0.15, 0.2) is 58.8 Å². The van der Waals surface area contributed by atoms with Crippen LogP contribution in [0.2, 0.25) is 0 Å². The summed E-state index contributed by atoms with van der Waals surface area (Å²) in [5.41, 5.74) is 9.15. The number of thiazole rings is 1. The average molecular weight is 381 g/mol. The average Bonchev–Trinajstić information content (AvgIpc) is 3.14. The van der Waals surface area contributed by atoms with E-state index in [1.165, 1.54) is 16.9 Å². The summed E-state index contributed by atoms with van der Waals surface area (Å²) in [4.78, 5) is 19.3. The van der Waals surface area contributed by atoms with Crippen molar-refractivity contribution in [1.82, 2.24) is 14.5 Å². The van der Waals surface area contributed by atoms with E-state index in [0.29, 0.717) is 11.7 Å². The molecule has 3 heterocycles. The van der Waals surface area contributed by atoms with E-state index in [-0.39, 0.29) is 11.0 Å². The van der Waals surface area contributed by atoms with Crippen molar-refractivity contribution in [2.75, 3.05) is 18.8 Å². The Kier molecular flexibility index (Phi) is 4.85. The Bertz CT molecular complexity index is 971. The van der Waals surface area contributed by atoms with Gasteiger partial charge in [-0.15, -0.1) is 11.3 Å². The predicted octanol–water partition coefficient (Wildman–Crippen LogP) is 3.01. The fourth-order valence-corrected chi connectivity index (χ4v) is 4.73. The molecular weight excluding hydrogens is 356 g/mol. The minimum atomic E-state index is -0.104. The number of hydrogen-bond donors (Lipinski definition) is 1. The van der Waals surface area contributed by atoms with Gasteiger partial charge in [0.2, 0.25) is 0 Å². The van der Waals surface area contributed by atoms with Crippen LogP contribution in [0.25, 0.3) is 0 Å². The lowest BCUT2D eigenvalue weighted by Gasteiger charge is -2.41. The maximum atomic E-state index is 12.3. The third-order valence-electron chi connectivity index (χ3n) is 5.64. The van der Waals surface area contributed by atoms with Gasteiger partial charge in [-0.2, -0.15) is 0 Å². The van der Waals surface area contributed by atoms with Crippen molar-refractivity contribution in [3.05, 3.63) is 81.2 Å². The Morgan fingerprint density at radius 2 is 1.89 bits per heavy atom. The van der Waals surface area contributed by atoms with Crippen LogP contribution in [-0.4, -0.2) is 27.5 Å².